The summed E-state index contributed by atoms with van der Waals surface area (Å²) in [6.07, 6.45) is 0.512. The second-order valence-corrected chi connectivity index (χ2v) is 5.53. The molecule has 1 aromatic carbocycles. The first-order valence-corrected chi connectivity index (χ1v) is 6.91. The van der Waals surface area contributed by atoms with Crippen molar-refractivity contribution in [3.05, 3.63) is 34.3 Å². The van der Waals surface area contributed by atoms with Crippen molar-refractivity contribution in [2.24, 2.45) is 0 Å². The molecule has 0 fully saturated rings. The normalized spacial score (nSPS) is 11.8. The molecule has 0 radical (unpaired) electrons. The van der Waals surface area contributed by atoms with E-state index in [1.54, 1.807) is 0 Å². The van der Waals surface area contributed by atoms with Crippen LogP contribution in [0.3, 0.4) is 0 Å². The number of alkyl halides is 3. The van der Waals surface area contributed by atoms with Crippen LogP contribution in [0.15, 0.2) is 28.7 Å². The number of rotatable bonds is 6. The zero-order chi connectivity index (χ0) is 12.7. The lowest BCUT2D eigenvalue weighted by Crippen LogP contribution is -2.16. The van der Waals surface area contributed by atoms with Crippen LogP contribution in [0.25, 0.3) is 0 Å². The lowest BCUT2D eigenvalue weighted by atomic mass is 10.2. The van der Waals surface area contributed by atoms with Gasteiger partial charge in [0.25, 0.3) is 0 Å². The Morgan fingerprint density at radius 3 is 2.71 bits per heavy atom. The molecule has 0 atom stereocenters. The molecule has 1 nitrogen and oxygen atoms in total. The molecule has 1 N–H and O–H groups in total. The smallest absolute Gasteiger partial charge is 0.313 e. The third-order valence-electron chi connectivity index (χ3n) is 1.98. The predicted molar refractivity (Wildman–Crippen MR) is 69.0 cm³/mol. The van der Waals surface area contributed by atoms with E-state index in [1.807, 2.05) is 24.3 Å². The maximum Gasteiger partial charge on any atom is 0.441 e. The number of nitrogens with one attached hydrogen (secondary N) is 1. The molecule has 96 valence electrons. The molecule has 0 bridgehead atoms. The standard InChI is InChI=1S/C11H13BrF3NS/c12-10-4-1-3-9(7-10)8-16-5-2-6-17-11(13,14)15/h1,3-4,7,16H,2,5-6,8H2. The van der Waals surface area contributed by atoms with Gasteiger partial charge in [-0.3, -0.25) is 0 Å². The van der Waals surface area contributed by atoms with Crippen LogP contribution in [0.5, 0.6) is 0 Å². The van der Waals surface area contributed by atoms with E-state index >= 15 is 0 Å². The fourth-order valence-electron chi connectivity index (χ4n) is 1.26. The minimum atomic E-state index is -4.11. The summed E-state index contributed by atoms with van der Waals surface area (Å²) in [6, 6.07) is 7.82. The zero-order valence-electron chi connectivity index (χ0n) is 9.06. The summed E-state index contributed by atoms with van der Waals surface area (Å²) in [6.45, 7) is 1.27. The van der Waals surface area contributed by atoms with Crippen molar-refractivity contribution in [2.75, 3.05) is 12.3 Å². The maximum absolute atomic E-state index is 11.8. The fourth-order valence-corrected chi connectivity index (χ4v) is 2.23. The molecule has 0 spiro atoms. The molecule has 6 heteroatoms. The van der Waals surface area contributed by atoms with E-state index in [9.17, 15) is 13.2 Å². The molecule has 0 saturated carbocycles. The van der Waals surface area contributed by atoms with E-state index in [0.717, 1.165) is 10.0 Å². The highest BCUT2D eigenvalue weighted by molar-refractivity contribution is 9.10. The van der Waals surface area contributed by atoms with Gasteiger partial charge in [-0.15, -0.1) is 0 Å². The second-order valence-electron chi connectivity index (χ2n) is 3.45. The fraction of sp³-hybridized carbons (Fsp3) is 0.455. The van der Waals surface area contributed by atoms with Crippen molar-refractivity contribution in [3.63, 3.8) is 0 Å². The summed E-state index contributed by atoms with van der Waals surface area (Å²) >= 11 is 3.40. The van der Waals surface area contributed by atoms with Crippen LogP contribution in [0, 0.1) is 0 Å². The van der Waals surface area contributed by atoms with Gasteiger partial charge in [0, 0.05) is 16.8 Å². The topological polar surface area (TPSA) is 12.0 Å². The highest BCUT2D eigenvalue weighted by Gasteiger charge is 2.27. The van der Waals surface area contributed by atoms with Crippen LogP contribution in [0.1, 0.15) is 12.0 Å². The minimum absolute atomic E-state index is 0.0348. The number of hydrogen-bond donors (Lipinski definition) is 1. The molecule has 0 unspecified atom stereocenters. The quantitative estimate of drug-likeness (QED) is 0.786. The molecule has 0 aliphatic heterocycles. The Balaban J connectivity index is 2.09. The third-order valence-corrected chi connectivity index (χ3v) is 3.30. The summed E-state index contributed by atoms with van der Waals surface area (Å²) < 4.78 is 36.4. The van der Waals surface area contributed by atoms with Gasteiger partial charge in [-0.1, -0.05) is 39.8 Å². The third kappa shape index (κ3) is 7.68. The number of benzene rings is 1. The van der Waals surface area contributed by atoms with E-state index in [2.05, 4.69) is 21.2 Å². The molecule has 0 heterocycles. The summed E-state index contributed by atoms with van der Waals surface area (Å²) in [7, 11) is 0. The van der Waals surface area contributed by atoms with Crippen LogP contribution >= 0.6 is 27.7 Å². The molecule has 0 amide bonds. The van der Waals surface area contributed by atoms with E-state index in [1.165, 1.54) is 0 Å². The predicted octanol–water partition coefficient (Wildman–Crippen LogP) is 4.18. The molecule has 17 heavy (non-hydrogen) atoms. The highest BCUT2D eigenvalue weighted by Crippen LogP contribution is 2.30. The molecule has 0 saturated heterocycles. The molecule has 1 aromatic rings. The van der Waals surface area contributed by atoms with Gasteiger partial charge in [0.2, 0.25) is 0 Å². The molecule has 1 rings (SSSR count). The summed E-state index contributed by atoms with van der Waals surface area (Å²) in [5.74, 6) is 0.106. The highest BCUT2D eigenvalue weighted by atomic mass is 79.9. The van der Waals surface area contributed by atoms with E-state index in [0.29, 0.717) is 19.5 Å². The van der Waals surface area contributed by atoms with Crippen LogP contribution < -0.4 is 5.32 Å². The number of hydrogen-bond acceptors (Lipinski definition) is 2. The molecular weight excluding hydrogens is 315 g/mol. The average molecular weight is 328 g/mol. The Labute approximate surface area is 111 Å². The Kier molecular flexibility index (Phi) is 6.37. The van der Waals surface area contributed by atoms with Crippen LogP contribution in [-0.2, 0) is 6.54 Å². The zero-order valence-corrected chi connectivity index (χ0v) is 11.5. The van der Waals surface area contributed by atoms with E-state index < -0.39 is 5.51 Å². The van der Waals surface area contributed by atoms with Gasteiger partial charge in [-0.25, -0.2) is 0 Å². The van der Waals surface area contributed by atoms with Gasteiger partial charge in [0.1, 0.15) is 0 Å². The second kappa shape index (κ2) is 7.28. The first kappa shape index (κ1) is 14.9. The maximum atomic E-state index is 11.8. The summed E-state index contributed by atoms with van der Waals surface area (Å²) in [5, 5.41) is 3.11. The van der Waals surface area contributed by atoms with Crippen molar-refractivity contribution < 1.29 is 13.2 Å². The van der Waals surface area contributed by atoms with Gasteiger partial charge in [0.15, 0.2) is 0 Å². The molecule has 0 aliphatic rings. The van der Waals surface area contributed by atoms with Crippen LogP contribution in [0.4, 0.5) is 13.2 Å². The molecule has 0 aliphatic carbocycles. The first-order valence-electron chi connectivity index (χ1n) is 5.13. The van der Waals surface area contributed by atoms with Crippen LogP contribution in [-0.4, -0.2) is 17.8 Å². The number of thioether (sulfide) groups is 1. The van der Waals surface area contributed by atoms with Crippen molar-refractivity contribution >= 4 is 27.7 Å². The monoisotopic (exact) mass is 327 g/mol. The summed E-state index contributed by atoms with van der Waals surface area (Å²) in [5.41, 5.74) is -2.99. The van der Waals surface area contributed by atoms with E-state index in [-0.39, 0.29) is 17.5 Å². The largest absolute Gasteiger partial charge is 0.441 e. The Hall–Kier alpha value is -0.200. The average Bonchev–Trinajstić information content (AvgIpc) is 2.22. The lowest BCUT2D eigenvalue weighted by Gasteiger charge is -2.07. The SMILES string of the molecule is FC(F)(F)SCCCNCc1cccc(Br)c1. The van der Waals surface area contributed by atoms with Gasteiger partial charge in [0.05, 0.1) is 0 Å². The molecule has 0 aromatic heterocycles. The first-order chi connectivity index (χ1) is 7.97. The van der Waals surface area contributed by atoms with Crippen molar-refractivity contribution in [1.29, 1.82) is 0 Å². The Morgan fingerprint density at radius 1 is 1.29 bits per heavy atom. The van der Waals surface area contributed by atoms with Crippen molar-refractivity contribution in [3.8, 4) is 0 Å². The number of halogens is 4. The van der Waals surface area contributed by atoms with Gasteiger partial charge in [-0.05, 0) is 30.7 Å². The van der Waals surface area contributed by atoms with Gasteiger partial charge >= 0.3 is 5.51 Å². The lowest BCUT2D eigenvalue weighted by molar-refractivity contribution is -0.0327. The van der Waals surface area contributed by atoms with Gasteiger partial charge < -0.3 is 5.32 Å². The Morgan fingerprint density at radius 2 is 2.06 bits per heavy atom. The molecular formula is C11H13BrF3NS. The van der Waals surface area contributed by atoms with Crippen molar-refractivity contribution in [2.45, 2.75) is 18.5 Å². The Bertz CT molecular complexity index is 344. The minimum Gasteiger partial charge on any atom is -0.313 e. The summed E-state index contributed by atoms with van der Waals surface area (Å²) in [4.78, 5) is 0. The van der Waals surface area contributed by atoms with E-state index in [4.69, 9.17) is 0 Å². The van der Waals surface area contributed by atoms with Gasteiger partial charge in [-0.2, -0.15) is 13.2 Å². The van der Waals surface area contributed by atoms with Crippen LogP contribution in [0.2, 0.25) is 0 Å². The van der Waals surface area contributed by atoms with Crippen molar-refractivity contribution in [1.82, 2.24) is 5.32 Å².